The topological polar surface area (TPSA) is 80.3 Å². The number of sulfonamides is 1. The van der Waals surface area contributed by atoms with E-state index in [1.807, 2.05) is 0 Å². The van der Waals surface area contributed by atoms with Crippen LogP contribution < -0.4 is 4.72 Å². The molecule has 1 N–H and O–H groups in total. The smallest absolute Gasteiger partial charge is 0.261 e. The highest BCUT2D eigenvalue weighted by Crippen LogP contribution is 2.30. The summed E-state index contributed by atoms with van der Waals surface area (Å²) < 4.78 is 41.3. The third-order valence-electron chi connectivity index (χ3n) is 4.38. The van der Waals surface area contributed by atoms with Gasteiger partial charge in [0, 0.05) is 26.7 Å². The number of halogens is 2. The Morgan fingerprint density at radius 1 is 0.786 bits per heavy atom. The lowest BCUT2D eigenvalue weighted by molar-refractivity contribution is 0.0979. The molecular weight excluding hydrogens is 449 g/mol. The average molecular weight is 460 g/mol. The van der Waals surface area contributed by atoms with Crippen LogP contribution in [0.25, 0.3) is 0 Å². The molecule has 0 saturated carbocycles. The summed E-state index contributed by atoms with van der Waals surface area (Å²) in [5.41, 5.74) is 0.870. The van der Waals surface area contributed by atoms with Crippen LogP contribution in [0.5, 0.6) is 0 Å². The second-order valence-corrected chi connectivity index (χ2v) is 8.68. The van der Waals surface area contributed by atoms with E-state index in [4.69, 9.17) is 0 Å². The molecule has 0 aromatic heterocycles. The van der Waals surface area contributed by atoms with Crippen LogP contribution in [0, 0.1) is 5.82 Å². The van der Waals surface area contributed by atoms with Crippen molar-refractivity contribution >= 4 is 43.2 Å². The number of ketones is 2. The van der Waals surface area contributed by atoms with Gasteiger partial charge < -0.3 is 0 Å². The van der Waals surface area contributed by atoms with Crippen molar-refractivity contribution in [3.63, 3.8) is 0 Å². The first-order valence-corrected chi connectivity index (χ1v) is 10.4. The van der Waals surface area contributed by atoms with Crippen molar-refractivity contribution < 1.29 is 22.4 Å². The molecule has 8 heteroatoms. The van der Waals surface area contributed by atoms with Crippen molar-refractivity contribution in [3.05, 3.63) is 93.2 Å². The van der Waals surface area contributed by atoms with Crippen LogP contribution in [0.15, 0.2) is 70.0 Å². The zero-order valence-corrected chi connectivity index (χ0v) is 16.5. The van der Waals surface area contributed by atoms with Gasteiger partial charge in [0.05, 0.1) is 10.6 Å². The van der Waals surface area contributed by atoms with E-state index in [0.717, 1.165) is 12.1 Å². The van der Waals surface area contributed by atoms with Crippen molar-refractivity contribution in [3.8, 4) is 0 Å². The van der Waals surface area contributed by atoms with Crippen LogP contribution in [-0.4, -0.2) is 20.0 Å². The first kappa shape index (κ1) is 18.5. The first-order valence-electron chi connectivity index (χ1n) is 8.08. The molecule has 1 aliphatic carbocycles. The van der Waals surface area contributed by atoms with E-state index in [9.17, 15) is 22.4 Å². The highest BCUT2D eigenvalue weighted by molar-refractivity contribution is 9.10. The van der Waals surface area contributed by atoms with Crippen molar-refractivity contribution in [1.82, 2.24) is 0 Å². The number of benzene rings is 3. The predicted molar refractivity (Wildman–Crippen MR) is 105 cm³/mol. The van der Waals surface area contributed by atoms with Gasteiger partial charge in [-0.2, -0.15) is 0 Å². The van der Waals surface area contributed by atoms with Crippen molar-refractivity contribution in [2.75, 3.05) is 4.72 Å². The Morgan fingerprint density at radius 2 is 1.39 bits per heavy atom. The van der Waals surface area contributed by atoms with Gasteiger partial charge in [-0.15, -0.1) is 0 Å². The summed E-state index contributed by atoms with van der Waals surface area (Å²) in [5, 5.41) is 0. The first-order chi connectivity index (χ1) is 13.3. The van der Waals surface area contributed by atoms with E-state index in [0.29, 0.717) is 5.56 Å². The van der Waals surface area contributed by atoms with Gasteiger partial charge in [0.15, 0.2) is 11.6 Å². The van der Waals surface area contributed by atoms with Crippen LogP contribution in [0.4, 0.5) is 10.1 Å². The molecule has 0 spiro atoms. The van der Waals surface area contributed by atoms with E-state index in [-0.39, 0.29) is 37.5 Å². The molecule has 1 aliphatic rings. The van der Waals surface area contributed by atoms with Gasteiger partial charge in [-0.25, -0.2) is 12.8 Å². The fraction of sp³-hybridized carbons (Fsp3) is 0. The molecule has 140 valence electrons. The second-order valence-electron chi connectivity index (χ2n) is 6.14. The third kappa shape index (κ3) is 3.04. The lowest BCUT2D eigenvalue weighted by Crippen LogP contribution is -2.22. The largest absolute Gasteiger partial charge is 0.289 e. The lowest BCUT2D eigenvalue weighted by Gasteiger charge is -2.18. The molecule has 0 atom stereocenters. The van der Waals surface area contributed by atoms with E-state index < -0.39 is 21.6 Å². The van der Waals surface area contributed by atoms with Gasteiger partial charge in [-0.05, 0) is 52.3 Å². The molecule has 3 aromatic rings. The maximum Gasteiger partial charge on any atom is 0.261 e. The molecule has 0 unspecified atom stereocenters. The zero-order valence-electron chi connectivity index (χ0n) is 14.1. The minimum Gasteiger partial charge on any atom is -0.289 e. The SMILES string of the molecule is O=C1c2ccccc2C(=O)c2cc(S(=O)(=O)Nc3ccc(F)cc3Br)ccc21. The van der Waals surface area contributed by atoms with Crippen LogP contribution in [-0.2, 0) is 10.0 Å². The number of carbonyl (C=O) groups is 2. The van der Waals surface area contributed by atoms with Crippen LogP contribution in [0.1, 0.15) is 31.8 Å². The van der Waals surface area contributed by atoms with Crippen molar-refractivity contribution in [2.45, 2.75) is 4.90 Å². The Kier molecular flexibility index (Phi) is 4.40. The van der Waals surface area contributed by atoms with Crippen LogP contribution in [0.2, 0.25) is 0 Å². The van der Waals surface area contributed by atoms with Crippen LogP contribution in [0.3, 0.4) is 0 Å². The molecule has 0 saturated heterocycles. The summed E-state index contributed by atoms with van der Waals surface area (Å²) in [6.45, 7) is 0. The highest BCUT2D eigenvalue weighted by Gasteiger charge is 2.30. The Morgan fingerprint density at radius 3 is 2.04 bits per heavy atom. The Bertz CT molecular complexity index is 1270. The molecule has 0 aliphatic heterocycles. The molecule has 0 fully saturated rings. The van der Waals surface area contributed by atoms with E-state index in [1.54, 1.807) is 18.2 Å². The van der Waals surface area contributed by atoms with E-state index >= 15 is 0 Å². The number of hydrogen-bond acceptors (Lipinski definition) is 4. The Balaban J connectivity index is 1.76. The quantitative estimate of drug-likeness (QED) is 0.498. The molecular formula is C20H11BrFNO4S. The molecule has 0 amide bonds. The molecule has 0 bridgehead atoms. The standard InChI is InChI=1S/C20H11BrFNO4S/c21-17-9-11(22)5-8-18(17)23-28(26,27)12-6-7-15-16(10-12)20(25)14-4-2-1-3-13(14)19(15)24/h1-10,23H. The fourth-order valence-corrected chi connectivity index (χ4v) is 4.71. The van der Waals surface area contributed by atoms with E-state index in [2.05, 4.69) is 20.7 Å². The molecule has 0 heterocycles. The van der Waals surface area contributed by atoms with Crippen LogP contribution >= 0.6 is 15.9 Å². The maximum atomic E-state index is 13.2. The molecule has 4 rings (SSSR count). The van der Waals surface area contributed by atoms with Gasteiger partial charge >= 0.3 is 0 Å². The summed E-state index contributed by atoms with van der Waals surface area (Å²) in [4.78, 5) is 25.2. The van der Waals surface area contributed by atoms with Gasteiger partial charge in [0.25, 0.3) is 10.0 Å². The molecule has 0 radical (unpaired) electrons. The summed E-state index contributed by atoms with van der Waals surface area (Å²) >= 11 is 3.10. The number of rotatable bonds is 3. The molecule has 5 nitrogen and oxygen atoms in total. The minimum absolute atomic E-state index is 0.0322. The van der Waals surface area contributed by atoms with Gasteiger partial charge in [0.2, 0.25) is 0 Å². The Labute approximate surface area is 168 Å². The Hall–Kier alpha value is -2.84. The number of hydrogen-bond donors (Lipinski definition) is 1. The van der Waals surface area contributed by atoms with Gasteiger partial charge in [-0.1, -0.05) is 24.3 Å². The number of carbonyl (C=O) groups excluding carboxylic acids is 2. The second kappa shape index (κ2) is 6.65. The lowest BCUT2D eigenvalue weighted by atomic mass is 9.84. The van der Waals surface area contributed by atoms with Gasteiger partial charge in [0.1, 0.15) is 5.82 Å². The zero-order chi connectivity index (χ0) is 20.1. The number of fused-ring (bicyclic) bond motifs is 2. The highest BCUT2D eigenvalue weighted by atomic mass is 79.9. The fourth-order valence-electron chi connectivity index (χ4n) is 3.02. The van der Waals surface area contributed by atoms with Gasteiger partial charge in [-0.3, -0.25) is 14.3 Å². The van der Waals surface area contributed by atoms with Crippen molar-refractivity contribution in [1.29, 1.82) is 0 Å². The normalized spacial score (nSPS) is 13.1. The average Bonchev–Trinajstić information content (AvgIpc) is 2.68. The molecule has 3 aromatic carbocycles. The third-order valence-corrected chi connectivity index (χ3v) is 6.40. The summed E-state index contributed by atoms with van der Waals surface area (Å²) in [5.74, 6) is -1.26. The summed E-state index contributed by atoms with van der Waals surface area (Å²) in [6, 6.07) is 13.7. The monoisotopic (exact) mass is 459 g/mol. The minimum atomic E-state index is -4.07. The number of nitrogens with one attached hydrogen (secondary N) is 1. The van der Waals surface area contributed by atoms with Crippen molar-refractivity contribution in [2.24, 2.45) is 0 Å². The number of anilines is 1. The predicted octanol–water partition coefficient (Wildman–Crippen LogP) is 4.16. The molecule has 28 heavy (non-hydrogen) atoms. The van der Waals surface area contributed by atoms with E-state index in [1.165, 1.54) is 30.3 Å². The maximum absolute atomic E-state index is 13.2. The summed E-state index contributed by atoms with van der Waals surface area (Å²) in [6.07, 6.45) is 0. The summed E-state index contributed by atoms with van der Waals surface area (Å²) in [7, 11) is -4.07.